The smallest absolute Gasteiger partial charge is 0.416 e. The summed E-state index contributed by atoms with van der Waals surface area (Å²) >= 11 is 0. The maximum atomic E-state index is 12.5. The van der Waals surface area contributed by atoms with Gasteiger partial charge in [0.05, 0.1) is 10.5 Å². The van der Waals surface area contributed by atoms with Gasteiger partial charge >= 0.3 is 12.1 Å². The van der Waals surface area contributed by atoms with E-state index in [2.05, 4.69) is 0 Å². The number of nitrogens with one attached hydrogen (secondary N) is 1. The normalized spacial score (nSPS) is 13.9. The van der Waals surface area contributed by atoms with E-state index in [1.54, 1.807) is 4.72 Å². The number of carboxylic acid groups (broad SMARTS) is 1. The molecular formula is C11H12F3NO5S. The second-order valence-corrected chi connectivity index (χ2v) is 5.76. The highest BCUT2D eigenvalue weighted by atomic mass is 32.2. The van der Waals surface area contributed by atoms with E-state index in [-0.39, 0.29) is 0 Å². The van der Waals surface area contributed by atoms with Crippen molar-refractivity contribution in [2.75, 3.05) is 6.61 Å². The lowest BCUT2D eigenvalue weighted by Crippen LogP contribution is -2.41. The Bertz CT molecular complexity index is 615. The summed E-state index contributed by atoms with van der Waals surface area (Å²) in [5.41, 5.74) is -1.17. The number of hydrogen-bond acceptors (Lipinski definition) is 4. The number of rotatable bonds is 6. The van der Waals surface area contributed by atoms with Crippen LogP contribution in [-0.4, -0.2) is 37.2 Å². The quantitative estimate of drug-likeness (QED) is 0.718. The van der Waals surface area contributed by atoms with Gasteiger partial charge in [0.25, 0.3) is 0 Å². The molecule has 1 rings (SSSR count). The molecule has 0 saturated carbocycles. The molecule has 0 saturated heterocycles. The predicted octanol–water partition coefficient (Wildman–Crippen LogP) is 0.819. The van der Waals surface area contributed by atoms with Crippen molar-refractivity contribution in [3.05, 3.63) is 29.8 Å². The van der Waals surface area contributed by atoms with Crippen LogP contribution in [0.4, 0.5) is 13.2 Å². The molecule has 1 aromatic carbocycles. The second kappa shape index (κ2) is 6.41. The zero-order valence-electron chi connectivity index (χ0n) is 10.5. The van der Waals surface area contributed by atoms with E-state index in [1.807, 2.05) is 0 Å². The molecule has 0 aliphatic rings. The van der Waals surface area contributed by atoms with Gasteiger partial charge < -0.3 is 10.2 Å². The molecule has 0 unspecified atom stereocenters. The van der Waals surface area contributed by atoms with E-state index < -0.39 is 51.7 Å². The predicted molar refractivity (Wildman–Crippen MR) is 64.9 cm³/mol. The number of aliphatic carboxylic acids is 1. The molecule has 3 N–H and O–H groups in total. The topological polar surface area (TPSA) is 104 Å². The molecule has 0 bridgehead atoms. The van der Waals surface area contributed by atoms with Gasteiger partial charge in [-0.3, -0.25) is 4.79 Å². The number of aliphatic hydroxyl groups excluding tert-OH is 1. The molecule has 0 heterocycles. The number of alkyl halides is 3. The number of carbonyl (C=O) groups is 1. The Kier molecular flexibility index (Phi) is 5.31. The molecule has 0 aliphatic carbocycles. The summed E-state index contributed by atoms with van der Waals surface area (Å²) in [6.07, 6.45) is -5.13. The SMILES string of the molecule is O=C(O)[C@H](CCO)NS(=O)(=O)c1cccc(C(F)(F)F)c1. The number of benzene rings is 1. The molecule has 0 aliphatic heterocycles. The van der Waals surface area contributed by atoms with E-state index >= 15 is 0 Å². The minimum absolute atomic E-state index is 0.403. The summed E-state index contributed by atoms with van der Waals surface area (Å²) in [6, 6.07) is 1.28. The van der Waals surface area contributed by atoms with Gasteiger partial charge in [0, 0.05) is 6.61 Å². The van der Waals surface area contributed by atoms with Gasteiger partial charge in [0.2, 0.25) is 10.0 Å². The first-order valence-corrected chi connectivity index (χ1v) is 7.09. The lowest BCUT2D eigenvalue weighted by atomic mass is 10.2. The van der Waals surface area contributed by atoms with Crippen molar-refractivity contribution in [3.8, 4) is 0 Å². The van der Waals surface area contributed by atoms with Crippen LogP contribution in [0.5, 0.6) is 0 Å². The Morgan fingerprint density at radius 1 is 1.33 bits per heavy atom. The van der Waals surface area contributed by atoms with Gasteiger partial charge in [-0.2, -0.15) is 17.9 Å². The molecule has 118 valence electrons. The van der Waals surface area contributed by atoms with Crippen molar-refractivity contribution in [2.45, 2.75) is 23.5 Å². The van der Waals surface area contributed by atoms with Gasteiger partial charge in [-0.25, -0.2) is 8.42 Å². The van der Waals surface area contributed by atoms with E-state index in [1.165, 1.54) is 0 Å². The van der Waals surface area contributed by atoms with Crippen LogP contribution in [0.2, 0.25) is 0 Å². The summed E-state index contributed by atoms with van der Waals surface area (Å²) in [4.78, 5) is 10.1. The number of hydrogen-bond donors (Lipinski definition) is 3. The monoisotopic (exact) mass is 327 g/mol. The minimum Gasteiger partial charge on any atom is -0.480 e. The van der Waals surface area contributed by atoms with Gasteiger partial charge in [0.1, 0.15) is 6.04 Å². The maximum absolute atomic E-state index is 12.5. The highest BCUT2D eigenvalue weighted by Crippen LogP contribution is 2.30. The lowest BCUT2D eigenvalue weighted by Gasteiger charge is -2.14. The van der Waals surface area contributed by atoms with Gasteiger partial charge in [-0.05, 0) is 24.6 Å². The Labute approximate surface area is 118 Å². The van der Waals surface area contributed by atoms with E-state index in [0.717, 1.165) is 12.1 Å². The van der Waals surface area contributed by atoms with Crippen LogP contribution in [-0.2, 0) is 21.0 Å². The van der Waals surface area contributed by atoms with Gasteiger partial charge in [0.15, 0.2) is 0 Å². The number of halogens is 3. The van der Waals surface area contributed by atoms with Crippen molar-refractivity contribution in [3.63, 3.8) is 0 Å². The van der Waals surface area contributed by atoms with Crippen molar-refractivity contribution in [2.24, 2.45) is 0 Å². The zero-order chi connectivity index (χ0) is 16.3. The van der Waals surface area contributed by atoms with Crippen molar-refractivity contribution in [1.82, 2.24) is 4.72 Å². The van der Waals surface area contributed by atoms with E-state index in [4.69, 9.17) is 10.2 Å². The Balaban J connectivity index is 3.11. The summed E-state index contributed by atoms with van der Waals surface area (Å²) in [7, 11) is -4.45. The first-order chi connectivity index (χ1) is 9.58. The van der Waals surface area contributed by atoms with Crippen molar-refractivity contribution >= 4 is 16.0 Å². The van der Waals surface area contributed by atoms with Crippen LogP contribution in [0.15, 0.2) is 29.2 Å². The molecule has 6 nitrogen and oxygen atoms in total. The minimum atomic E-state index is -4.72. The third kappa shape index (κ3) is 4.69. The third-order valence-corrected chi connectivity index (χ3v) is 3.95. The first-order valence-electron chi connectivity index (χ1n) is 5.61. The van der Waals surface area contributed by atoms with Crippen molar-refractivity contribution in [1.29, 1.82) is 0 Å². The summed E-state index contributed by atoms with van der Waals surface area (Å²) in [6.45, 7) is -0.595. The summed E-state index contributed by atoms with van der Waals surface area (Å²) in [5.74, 6) is -1.54. The Hall–Kier alpha value is -1.65. The lowest BCUT2D eigenvalue weighted by molar-refractivity contribution is -0.139. The zero-order valence-corrected chi connectivity index (χ0v) is 11.3. The van der Waals surface area contributed by atoms with Crippen LogP contribution in [0.25, 0.3) is 0 Å². The van der Waals surface area contributed by atoms with Gasteiger partial charge in [-0.15, -0.1) is 0 Å². The third-order valence-electron chi connectivity index (χ3n) is 2.48. The molecule has 0 fully saturated rings. The van der Waals surface area contributed by atoms with Crippen LogP contribution in [0, 0.1) is 0 Å². The fourth-order valence-corrected chi connectivity index (χ4v) is 2.73. The molecule has 1 aromatic rings. The molecule has 0 spiro atoms. The van der Waals surface area contributed by atoms with Crippen LogP contribution >= 0.6 is 0 Å². The molecule has 10 heteroatoms. The average molecular weight is 327 g/mol. The standard InChI is InChI=1S/C11H12F3NO5S/c12-11(13,14)7-2-1-3-8(6-7)21(19,20)15-9(4-5-16)10(17)18/h1-3,6,9,15-16H,4-5H2,(H,17,18)/t9-/m0/s1. The molecule has 1 atom stereocenters. The summed E-state index contributed by atoms with van der Waals surface area (Å²) in [5, 5.41) is 17.4. The molecule has 0 amide bonds. The number of aliphatic hydroxyl groups is 1. The number of sulfonamides is 1. The van der Waals surface area contributed by atoms with E-state index in [0.29, 0.717) is 12.1 Å². The Morgan fingerprint density at radius 3 is 2.43 bits per heavy atom. The van der Waals surface area contributed by atoms with Crippen LogP contribution in [0.1, 0.15) is 12.0 Å². The van der Waals surface area contributed by atoms with Crippen LogP contribution < -0.4 is 4.72 Å². The summed E-state index contributed by atoms with van der Waals surface area (Å²) < 4.78 is 63.1. The molecule has 0 aromatic heterocycles. The first kappa shape index (κ1) is 17.4. The maximum Gasteiger partial charge on any atom is 0.416 e. The van der Waals surface area contributed by atoms with Gasteiger partial charge in [-0.1, -0.05) is 6.07 Å². The van der Waals surface area contributed by atoms with E-state index in [9.17, 15) is 26.4 Å². The van der Waals surface area contributed by atoms with Crippen molar-refractivity contribution < 1.29 is 36.6 Å². The molecule has 21 heavy (non-hydrogen) atoms. The fourth-order valence-electron chi connectivity index (χ4n) is 1.46. The number of carboxylic acids is 1. The Morgan fingerprint density at radius 2 is 1.95 bits per heavy atom. The fraction of sp³-hybridized carbons (Fsp3) is 0.364. The highest BCUT2D eigenvalue weighted by Gasteiger charge is 2.32. The van der Waals surface area contributed by atoms with Crippen LogP contribution in [0.3, 0.4) is 0 Å². The molecule has 0 radical (unpaired) electrons. The molecular weight excluding hydrogens is 315 g/mol. The second-order valence-electron chi connectivity index (χ2n) is 4.05. The average Bonchev–Trinajstić information content (AvgIpc) is 2.37. The largest absolute Gasteiger partial charge is 0.480 e. The highest BCUT2D eigenvalue weighted by molar-refractivity contribution is 7.89.